The van der Waals surface area contributed by atoms with E-state index in [0.717, 1.165) is 37.0 Å². The fraction of sp³-hybridized carbons (Fsp3) is 0.316. The summed E-state index contributed by atoms with van der Waals surface area (Å²) in [5.41, 5.74) is 1.28. The Morgan fingerprint density at radius 1 is 1.00 bits per heavy atom. The quantitative estimate of drug-likeness (QED) is 0.334. The van der Waals surface area contributed by atoms with Crippen molar-refractivity contribution in [1.82, 2.24) is 10.6 Å². The highest BCUT2D eigenvalue weighted by molar-refractivity contribution is 7.99. The third kappa shape index (κ3) is 6.54. The molecule has 128 valence electrons. The van der Waals surface area contributed by atoms with Crippen LogP contribution in [0.1, 0.15) is 5.56 Å². The molecule has 0 radical (unpaired) electrons. The van der Waals surface area contributed by atoms with Crippen molar-refractivity contribution in [2.24, 2.45) is 4.99 Å². The van der Waals surface area contributed by atoms with E-state index in [1.807, 2.05) is 30.0 Å². The van der Waals surface area contributed by atoms with Crippen LogP contribution in [-0.4, -0.2) is 39.0 Å². The van der Waals surface area contributed by atoms with Gasteiger partial charge in [-0.2, -0.15) is 0 Å². The summed E-state index contributed by atoms with van der Waals surface area (Å²) < 4.78 is 5.17. The third-order valence-corrected chi connectivity index (χ3v) is 4.51. The number of thioether (sulfide) groups is 1. The number of hydrogen-bond donors (Lipinski definition) is 2. The van der Waals surface area contributed by atoms with Crippen molar-refractivity contribution in [3.05, 3.63) is 60.2 Å². The van der Waals surface area contributed by atoms with E-state index in [2.05, 4.69) is 52.0 Å². The van der Waals surface area contributed by atoms with Crippen molar-refractivity contribution in [2.75, 3.05) is 33.0 Å². The Balaban J connectivity index is 1.63. The second kappa shape index (κ2) is 10.6. The third-order valence-electron chi connectivity index (χ3n) is 3.50. The lowest BCUT2D eigenvalue weighted by Gasteiger charge is -2.12. The first-order chi connectivity index (χ1) is 11.8. The van der Waals surface area contributed by atoms with Gasteiger partial charge in [-0.05, 0) is 36.2 Å². The zero-order valence-electron chi connectivity index (χ0n) is 14.3. The minimum Gasteiger partial charge on any atom is -0.497 e. The molecule has 2 N–H and O–H groups in total. The van der Waals surface area contributed by atoms with E-state index in [1.165, 1.54) is 10.5 Å². The molecule has 4 nitrogen and oxygen atoms in total. The van der Waals surface area contributed by atoms with Gasteiger partial charge in [-0.25, -0.2) is 0 Å². The molecule has 0 aliphatic heterocycles. The van der Waals surface area contributed by atoms with E-state index in [1.54, 1.807) is 14.2 Å². The van der Waals surface area contributed by atoms with Crippen LogP contribution in [-0.2, 0) is 6.42 Å². The number of nitrogens with zero attached hydrogens (tertiary/aromatic N) is 1. The number of aliphatic imine (C=N–C) groups is 1. The molecule has 2 aromatic rings. The maximum absolute atomic E-state index is 5.17. The Kier molecular flexibility index (Phi) is 8.04. The molecule has 0 aliphatic carbocycles. The Morgan fingerprint density at radius 2 is 1.71 bits per heavy atom. The van der Waals surface area contributed by atoms with Gasteiger partial charge in [0.15, 0.2) is 5.96 Å². The molecule has 0 heterocycles. The van der Waals surface area contributed by atoms with Crippen LogP contribution in [0.25, 0.3) is 0 Å². The summed E-state index contributed by atoms with van der Waals surface area (Å²) in [4.78, 5) is 5.55. The first-order valence-corrected chi connectivity index (χ1v) is 9.05. The lowest BCUT2D eigenvalue weighted by molar-refractivity contribution is 0.414. The van der Waals surface area contributed by atoms with Crippen molar-refractivity contribution in [3.63, 3.8) is 0 Å². The number of guanidine groups is 1. The molecule has 0 aliphatic rings. The summed E-state index contributed by atoms with van der Waals surface area (Å²) in [6.07, 6.45) is 0.948. The van der Waals surface area contributed by atoms with Crippen LogP contribution in [0.5, 0.6) is 5.75 Å². The first kappa shape index (κ1) is 18.2. The minimum absolute atomic E-state index is 0.845. The van der Waals surface area contributed by atoms with Gasteiger partial charge in [0, 0.05) is 30.8 Å². The normalized spacial score (nSPS) is 11.2. The van der Waals surface area contributed by atoms with Crippen LogP contribution < -0.4 is 15.4 Å². The average molecular weight is 343 g/mol. The Labute approximate surface area is 148 Å². The molecule has 0 unspecified atom stereocenters. The molecule has 0 fully saturated rings. The second-order valence-corrected chi connectivity index (χ2v) is 6.35. The largest absolute Gasteiger partial charge is 0.497 e. The number of hydrogen-bond acceptors (Lipinski definition) is 3. The summed E-state index contributed by atoms with van der Waals surface area (Å²) in [5, 5.41) is 6.69. The van der Waals surface area contributed by atoms with Gasteiger partial charge in [0.1, 0.15) is 5.75 Å². The fourth-order valence-corrected chi connectivity index (χ4v) is 2.98. The molecule has 5 heteroatoms. The van der Waals surface area contributed by atoms with Gasteiger partial charge in [0.25, 0.3) is 0 Å². The van der Waals surface area contributed by atoms with E-state index in [0.29, 0.717) is 0 Å². The molecule has 2 aromatic carbocycles. The van der Waals surface area contributed by atoms with Gasteiger partial charge < -0.3 is 15.4 Å². The van der Waals surface area contributed by atoms with Crippen LogP contribution >= 0.6 is 11.8 Å². The second-order valence-electron chi connectivity index (χ2n) is 5.19. The molecule has 0 aromatic heterocycles. The molecule has 0 saturated carbocycles. The van der Waals surface area contributed by atoms with Gasteiger partial charge >= 0.3 is 0 Å². The number of methoxy groups -OCH3 is 1. The van der Waals surface area contributed by atoms with E-state index < -0.39 is 0 Å². The summed E-state index contributed by atoms with van der Waals surface area (Å²) in [5.74, 6) is 2.74. The SMILES string of the molecule is CN=C(NCCSc1ccccc1)NCCc1ccc(OC)cc1. The Hall–Kier alpha value is -2.14. The van der Waals surface area contributed by atoms with Crippen LogP contribution in [0.2, 0.25) is 0 Å². The highest BCUT2D eigenvalue weighted by Crippen LogP contribution is 2.15. The van der Waals surface area contributed by atoms with Crippen molar-refractivity contribution in [1.29, 1.82) is 0 Å². The number of nitrogens with one attached hydrogen (secondary N) is 2. The van der Waals surface area contributed by atoms with Crippen LogP contribution in [0, 0.1) is 0 Å². The van der Waals surface area contributed by atoms with Gasteiger partial charge in [-0.15, -0.1) is 11.8 Å². The minimum atomic E-state index is 0.845. The highest BCUT2D eigenvalue weighted by Gasteiger charge is 1.99. The van der Waals surface area contributed by atoms with Gasteiger partial charge in [0.2, 0.25) is 0 Å². The first-order valence-electron chi connectivity index (χ1n) is 8.07. The van der Waals surface area contributed by atoms with E-state index in [9.17, 15) is 0 Å². The van der Waals surface area contributed by atoms with E-state index in [4.69, 9.17) is 4.74 Å². The van der Waals surface area contributed by atoms with Gasteiger partial charge in [0.05, 0.1) is 7.11 Å². The number of ether oxygens (including phenoxy) is 1. The zero-order valence-corrected chi connectivity index (χ0v) is 15.1. The number of rotatable bonds is 8. The molecular formula is C19H25N3OS. The van der Waals surface area contributed by atoms with Gasteiger partial charge in [-0.1, -0.05) is 30.3 Å². The zero-order chi connectivity index (χ0) is 17.0. The van der Waals surface area contributed by atoms with Crippen molar-refractivity contribution < 1.29 is 4.74 Å². The van der Waals surface area contributed by atoms with Crippen LogP contribution in [0.4, 0.5) is 0 Å². The van der Waals surface area contributed by atoms with Crippen LogP contribution in [0.15, 0.2) is 64.5 Å². The van der Waals surface area contributed by atoms with Gasteiger partial charge in [-0.3, -0.25) is 4.99 Å². The van der Waals surface area contributed by atoms with E-state index in [-0.39, 0.29) is 0 Å². The maximum atomic E-state index is 5.17. The molecule has 0 spiro atoms. The topological polar surface area (TPSA) is 45.7 Å². The lowest BCUT2D eigenvalue weighted by atomic mass is 10.1. The van der Waals surface area contributed by atoms with Crippen molar-refractivity contribution in [2.45, 2.75) is 11.3 Å². The summed E-state index contributed by atoms with van der Waals surface area (Å²) in [6.45, 7) is 1.72. The molecule has 2 rings (SSSR count). The highest BCUT2D eigenvalue weighted by atomic mass is 32.2. The molecule has 0 bridgehead atoms. The average Bonchev–Trinajstić information content (AvgIpc) is 2.65. The van der Waals surface area contributed by atoms with Crippen molar-refractivity contribution in [3.8, 4) is 5.75 Å². The monoisotopic (exact) mass is 343 g/mol. The molecule has 24 heavy (non-hydrogen) atoms. The smallest absolute Gasteiger partial charge is 0.191 e. The predicted molar refractivity (Wildman–Crippen MR) is 103 cm³/mol. The standard InChI is InChI=1S/C19H25N3OS/c1-20-19(22-14-15-24-18-6-4-3-5-7-18)21-13-12-16-8-10-17(23-2)11-9-16/h3-11H,12-15H2,1-2H3,(H2,20,21,22). The Bertz CT molecular complexity index is 614. The molecule has 0 saturated heterocycles. The lowest BCUT2D eigenvalue weighted by Crippen LogP contribution is -2.39. The maximum Gasteiger partial charge on any atom is 0.191 e. The van der Waals surface area contributed by atoms with Crippen LogP contribution in [0.3, 0.4) is 0 Å². The van der Waals surface area contributed by atoms with Crippen molar-refractivity contribution >= 4 is 17.7 Å². The summed E-state index contributed by atoms with van der Waals surface area (Å²) in [7, 11) is 3.48. The summed E-state index contributed by atoms with van der Waals surface area (Å²) >= 11 is 1.84. The summed E-state index contributed by atoms with van der Waals surface area (Å²) in [6, 6.07) is 18.6. The predicted octanol–water partition coefficient (Wildman–Crippen LogP) is 3.20. The number of benzene rings is 2. The Morgan fingerprint density at radius 3 is 2.38 bits per heavy atom. The van der Waals surface area contributed by atoms with E-state index >= 15 is 0 Å². The fourth-order valence-electron chi connectivity index (χ4n) is 2.19. The molecule has 0 amide bonds. The molecular weight excluding hydrogens is 318 g/mol. The molecule has 0 atom stereocenters.